The fraction of sp³-hybridized carbons (Fsp3) is 0.500. The van der Waals surface area contributed by atoms with Crippen LogP contribution in [-0.4, -0.2) is 55.1 Å². The van der Waals surface area contributed by atoms with Gasteiger partial charge in [0.15, 0.2) is 9.84 Å². The summed E-state index contributed by atoms with van der Waals surface area (Å²) in [5, 5.41) is 0.0887. The molecule has 0 saturated carbocycles. The minimum absolute atomic E-state index is 0.0133. The van der Waals surface area contributed by atoms with E-state index in [1.165, 1.54) is 12.1 Å². The molecule has 3 heterocycles. The second kappa shape index (κ2) is 9.09. The van der Waals surface area contributed by atoms with Gasteiger partial charge in [0.2, 0.25) is 0 Å². The van der Waals surface area contributed by atoms with Gasteiger partial charge in [-0.25, -0.2) is 17.8 Å². The number of piperazine rings is 1. The second-order valence-electron chi connectivity index (χ2n) is 10.3. The van der Waals surface area contributed by atoms with Gasteiger partial charge in [-0.2, -0.15) is 0 Å². The van der Waals surface area contributed by atoms with Crippen molar-refractivity contribution < 1.29 is 17.6 Å². The first-order chi connectivity index (χ1) is 15.9. The zero-order valence-electron chi connectivity index (χ0n) is 19.6. The van der Waals surface area contributed by atoms with E-state index >= 15 is 0 Å². The van der Waals surface area contributed by atoms with Gasteiger partial charge in [0.1, 0.15) is 11.6 Å². The van der Waals surface area contributed by atoms with Gasteiger partial charge in [0, 0.05) is 31.7 Å². The van der Waals surface area contributed by atoms with E-state index in [1.807, 2.05) is 20.8 Å². The normalized spacial score (nSPS) is 20.6. The molecule has 0 aliphatic carbocycles. The number of benzene rings is 1. The number of nitrogens with two attached hydrogens (primary N) is 1. The predicted octanol–water partition coefficient (Wildman–Crippen LogP) is 3.65. The molecule has 2 bridgehead atoms. The average molecular weight is 509 g/mol. The van der Waals surface area contributed by atoms with Crippen LogP contribution in [0.25, 0.3) is 0 Å². The predicted molar refractivity (Wildman–Crippen MR) is 130 cm³/mol. The van der Waals surface area contributed by atoms with E-state index in [9.17, 15) is 17.6 Å². The van der Waals surface area contributed by atoms with E-state index in [1.54, 1.807) is 17.0 Å². The molecule has 10 heteroatoms. The van der Waals surface area contributed by atoms with E-state index in [2.05, 4.69) is 9.88 Å². The van der Waals surface area contributed by atoms with Crippen LogP contribution in [0.15, 0.2) is 35.2 Å². The minimum Gasteiger partial charge on any atom is -0.347 e. The zero-order chi connectivity index (χ0) is 24.8. The van der Waals surface area contributed by atoms with Crippen LogP contribution in [0.5, 0.6) is 0 Å². The summed E-state index contributed by atoms with van der Waals surface area (Å²) in [6.07, 6.45) is 1.70. The molecule has 1 aromatic carbocycles. The molecule has 2 aliphatic heterocycles. The molecule has 7 nitrogen and oxygen atoms in total. The number of aromatic nitrogens is 1. The number of sulfone groups is 1. The van der Waals surface area contributed by atoms with Crippen molar-refractivity contribution in [2.75, 3.05) is 23.7 Å². The Balaban J connectivity index is 1.61. The Kier molecular flexibility index (Phi) is 6.65. The monoisotopic (exact) mass is 508 g/mol. The molecule has 34 heavy (non-hydrogen) atoms. The first-order valence-corrected chi connectivity index (χ1v) is 13.4. The van der Waals surface area contributed by atoms with Crippen LogP contribution in [0.2, 0.25) is 5.02 Å². The van der Waals surface area contributed by atoms with E-state index in [0.29, 0.717) is 24.6 Å². The van der Waals surface area contributed by atoms with Crippen LogP contribution in [0, 0.1) is 11.2 Å². The summed E-state index contributed by atoms with van der Waals surface area (Å²) < 4.78 is 39.6. The maximum Gasteiger partial charge on any atom is 0.255 e. The lowest BCUT2D eigenvalue weighted by molar-refractivity contribution is 0.0717. The third-order valence-electron chi connectivity index (χ3n) is 6.23. The lowest BCUT2D eigenvalue weighted by Crippen LogP contribution is -2.55. The van der Waals surface area contributed by atoms with E-state index < -0.39 is 21.1 Å². The summed E-state index contributed by atoms with van der Waals surface area (Å²) in [6.45, 7) is 6.69. The molecule has 4 rings (SSSR count). The Morgan fingerprint density at radius 1 is 1.18 bits per heavy atom. The topological polar surface area (TPSA) is 96.6 Å². The molecule has 2 aromatic rings. The van der Waals surface area contributed by atoms with Gasteiger partial charge < -0.3 is 15.5 Å². The summed E-state index contributed by atoms with van der Waals surface area (Å²) in [6, 6.07) is 6.95. The van der Waals surface area contributed by atoms with Gasteiger partial charge in [-0.1, -0.05) is 32.4 Å². The molecule has 2 atom stereocenters. The summed E-state index contributed by atoms with van der Waals surface area (Å²) in [5.41, 5.74) is 6.25. The van der Waals surface area contributed by atoms with Crippen molar-refractivity contribution in [3.05, 3.63) is 52.4 Å². The number of hydrogen-bond acceptors (Lipinski definition) is 6. The van der Waals surface area contributed by atoms with Crippen molar-refractivity contribution in [1.82, 2.24) is 9.88 Å². The molecule has 2 N–H and O–H groups in total. The lowest BCUT2D eigenvalue weighted by Gasteiger charge is -2.42. The molecular formula is C24H30ClFN4O3S. The van der Waals surface area contributed by atoms with Crippen LogP contribution in [0.3, 0.4) is 0 Å². The molecule has 0 spiro atoms. The molecule has 1 aromatic heterocycles. The first-order valence-electron chi connectivity index (χ1n) is 11.3. The van der Waals surface area contributed by atoms with Crippen LogP contribution in [-0.2, 0) is 16.4 Å². The Bertz CT molecular complexity index is 1200. The summed E-state index contributed by atoms with van der Waals surface area (Å²) in [5.74, 6) is -0.135. The highest BCUT2D eigenvalue weighted by molar-refractivity contribution is 7.91. The van der Waals surface area contributed by atoms with Gasteiger partial charge in [-0.15, -0.1) is 0 Å². The Hall–Kier alpha value is -2.23. The Morgan fingerprint density at radius 3 is 2.38 bits per heavy atom. The van der Waals surface area contributed by atoms with Crippen molar-refractivity contribution in [3.8, 4) is 0 Å². The van der Waals surface area contributed by atoms with Crippen molar-refractivity contribution >= 4 is 33.2 Å². The van der Waals surface area contributed by atoms with Crippen LogP contribution in [0.1, 0.15) is 49.7 Å². The molecule has 184 valence electrons. The SMILES string of the molecule is CC(C)(C)CS(=O)(=O)c1cc(CN)nc(N2C3CCC2CN(C(=O)c2ccc(F)cc2Cl)C3)c1. The number of rotatable bonds is 5. The van der Waals surface area contributed by atoms with Crippen molar-refractivity contribution in [2.24, 2.45) is 11.1 Å². The molecule has 1 amide bonds. The fourth-order valence-corrected chi connectivity index (χ4v) is 7.05. The second-order valence-corrected chi connectivity index (χ2v) is 12.7. The average Bonchev–Trinajstić information content (AvgIpc) is 3.00. The highest BCUT2D eigenvalue weighted by Crippen LogP contribution is 2.36. The minimum atomic E-state index is -3.53. The maximum atomic E-state index is 13.4. The summed E-state index contributed by atoms with van der Waals surface area (Å²) in [7, 11) is -3.53. The van der Waals surface area contributed by atoms with Crippen molar-refractivity contribution in [3.63, 3.8) is 0 Å². The Morgan fingerprint density at radius 2 is 1.82 bits per heavy atom. The maximum absolute atomic E-state index is 13.4. The fourth-order valence-electron chi connectivity index (χ4n) is 4.89. The summed E-state index contributed by atoms with van der Waals surface area (Å²) >= 11 is 6.12. The Labute approximate surface area is 205 Å². The number of halogens is 2. The third kappa shape index (κ3) is 5.06. The molecule has 2 aliphatic rings. The number of amides is 1. The highest BCUT2D eigenvalue weighted by Gasteiger charge is 2.43. The third-order valence-corrected chi connectivity index (χ3v) is 8.74. The van der Waals surface area contributed by atoms with Gasteiger partial charge in [-0.05, 0) is 48.6 Å². The van der Waals surface area contributed by atoms with Crippen LogP contribution in [0.4, 0.5) is 10.2 Å². The molecular weight excluding hydrogens is 479 g/mol. The van der Waals surface area contributed by atoms with Crippen LogP contribution < -0.4 is 10.6 Å². The van der Waals surface area contributed by atoms with E-state index in [-0.39, 0.29) is 45.8 Å². The number of carbonyl (C=O) groups is 1. The van der Waals surface area contributed by atoms with Crippen LogP contribution >= 0.6 is 11.6 Å². The number of likely N-dealkylation sites (tertiary alicyclic amines) is 1. The quantitative estimate of drug-likeness (QED) is 0.662. The number of fused-ring (bicyclic) bond motifs is 2. The standard InChI is InChI=1S/C24H30ClFN4O3S/c1-24(2,3)14-34(32,33)19-9-16(11-27)28-22(10-19)30-17-5-6-18(30)13-29(12-17)23(31)20-7-4-15(26)8-21(20)25/h4,7-10,17-18H,5-6,11-14,27H2,1-3H3. The van der Waals surface area contributed by atoms with Gasteiger partial charge in [0.05, 0.1) is 26.9 Å². The van der Waals surface area contributed by atoms with Crippen molar-refractivity contribution in [1.29, 1.82) is 0 Å². The van der Waals surface area contributed by atoms with Crippen molar-refractivity contribution in [2.45, 2.75) is 57.1 Å². The molecule has 0 radical (unpaired) electrons. The molecule has 2 fully saturated rings. The smallest absolute Gasteiger partial charge is 0.255 e. The first kappa shape index (κ1) is 24.9. The van der Waals surface area contributed by atoms with E-state index in [4.69, 9.17) is 17.3 Å². The number of carbonyl (C=O) groups excluding carboxylic acids is 1. The summed E-state index contributed by atoms with van der Waals surface area (Å²) in [4.78, 5) is 21.8. The van der Waals surface area contributed by atoms with E-state index in [0.717, 1.165) is 18.9 Å². The molecule has 2 saturated heterocycles. The lowest BCUT2D eigenvalue weighted by atomic mass is 10.0. The molecule has 2 unspecified atom stereocenters. The van der Waals surface area contributed by atoms with Gasteiger partial charge >= 0.3 is 0 Å². The zero-order valence-corrected chi connectivity index (χ0v) is 21.2. The van der Waals surface area contributed by atoms with Gasteiger partial charge in [-0.3, -0.25) is 4.79 Å². The number of anilines is 1. The number of nitrogens with zero attached hydrogens (tertiary/aromatic N) is 3. The largest absolute Gasteiger partial charge is 0.347 e. The number of hydrogen-bond donors (Lipinski definition) is 1. The van der Waals surface area contributed by atoms with Gasteiger partial charge in [0.25, 0.3) is 5.91 Å². The highest BCUT2D eigenvalue weighted by atomic mass is 35.5. The number of pyridine rings is 1.